The van der Waals surface area contributed by atoms with E-state index in [1.54, 1.807) is 0 Å². The van der Waals surface area contributed by atoms with Crippen molar-refractivity contribution in [3.05, 3.63) is 0 Å². The van der Waals surface area contributed by atoms with E-state index < -0.39 is 36.4 Å². The van der Waals surface area contributed by atoms with Gasteiger partial charge in [-0.3, -0.25) is 9.59 Å². The molecule has 4 nitrogen and oxygen atoms in total. The van der Waals surface area contributed by atoms with E-state index in [2.05, 4.69) is 0 Å². The standard InChI is InChI=1S/C11H16F3NO3/c1-6(7(2)10(17)18)9(16)15(8-3-4-8)5-11(12,13)14/h6-8H,3-5H2,1-2H3,(H,17,18). The fourth-order valence-electron chi connectivity index (χ4n) is 1.66. The van der Waals surface area contributed by atoms with Crippen LogP contribution in [0, 0.1) is 11.8 Å². The second kappa shape index (κ2) is 5.16. The van der Waals surface area contributed by atoms with Crippen LogP contribution in [-0.4, -0.2) is 40.6 Å². The number of alkyl halides is 3. The van der Waals surface area contributed by atoms with Gasteiger partial charge in [-0.15, -0.1) is 0 Å². The Morgan fingerprint density at radius 3 is 2.11 bits per heavy atom. The SMILES string of the molecule is CC(C(=O)O)C(C)C(=O)N(CC(F)(F)F)C1CC1. The maximum atomic E-state index is 12.4. The fourth-order valence-corrected chi connectivity index (χ4v) is 1.66. The number of carbonyl (C=O) groups is 2. The van der Waals surface area contributed by atoms with Gasteiger partial charge < -0.3 is 10.0 Å². The van der Waals surface area contributed by atoms with Crippen molar-refractivity contribution in [2.45, 2.75) is 38.9 Å². The van der Waals surface area contributed by atoms with Crippen LogP contribution in [0.25, 0.3) is 0 Å². The second-order valence-corrected chi connectivity index (χ2v) is 4.73. The van der Waals surface area contributed by atoms with E-state index in [9.17, 15) is 22.8 Å². The molecule has 1 saturated carbocycles. The van der Waals surface area contributed by atoms with Crippen molar-refractivity contribution in [3.8, 4) is 0 Å². The summed E-state index contributed by atoms with van der Waals surface area (Å²) in [7, 11) is 0. The maximum Gasteiger partial charge on any atom is 0.406 e. The third kappa shape index (κ3) is 3.89. The Bertz CT molecular complexity index is 339. The molecule has 0 radical (unpaired) electrons. The minimum Gasteiger partial charge on any atom is -0.481 e. The lowest BCUT2D eigenvalue weighted by Gasteiger charge is -2.28. The van der Waals surface area contributed by atoms with Crippen LogP contribution in [0.1, 0.15) is 26.7 Å². The quantitative estimate of drug-likeness (QED) is 0.827. The zero-order chi connectivity index (χ0) is 14.1. The molecule has 2 atom stereocenters. The highest BCUT2D eigenvalue weighted by molar-refractivity contribution is 5.84. The van der Waals surface area contributed by atoms with Gasteiger partial charge in [0.2, 0.25) is 5.91 Å². The molecule has 0 aliphatic heterocycles. The van der Waals surface area contributed by atoms with Gasteiger partial charge in [-0.1, -0.05) is 13.8 Å². The Hall–Kier alpha value is -1.27. The second-order valence-electron chi connectivity index (χ2n) is 4.73. The predicted molar refractivity (Wildman–Crippen MR) is 56.8 cm³/mol. The summed E-state index contributed by atoms with van der Waals surface area (Å²) in [5.74, 6) is -3.86. The molecular formula is C11H16F3NO3. The van der Waals surface area contributed by atoms with E-state index >= 15 is 0 Å². The lowest BCUT2D eigenvalue weighted by atomic mass is 9.94. The first-order valence-electron chi connectivity index (χ1n) is 5.73. The van der Waals surface area contributed by atoms with E-state index in [4.69, 9.17) is 5.11 Å². The van der Waals surface area contributed by atoms with Gasteiger partial charge in [-0.2, -0.15) is 13.2 Å². The molecule has 18 heavy (non-hydrogen) atoms. The molecule has 0 aromatic rings. The Morgan fingerprint density at radius 2 is 1.78 bits per heavy atom. The minimum absolute atomic E-state index is 0.387. The summed E-state index contributed by atoms with van der Waals surface area (Å²) in [5, 5.41) is 8.78. The van der Waals surface area contributed by atoms with Crippen LogP contribution >= 0.6 is 0 Å². The van der Waals surface area contributed by atoms with Gasteiger partial charge >= 0.3 is 12.1 Å². The predicted octanol–water partition coefficient (Wildman–Crippen LogP) is 1.90. The van der Waals surface area contributed by atoms with Crippen molar-refractivity contribution >= 4 is 11.9 Å². The number of aliphatic carboxylic acids is 1. The summed E-state index contributed by atoms with van der Waals surface area (Å²) in [6, 6.07) is -0.387. The Labute approximate surface area is 103 Å². The molecule has 0 aromatic carbocycles. The molecule has 7 heteroatoms. The lowest BCUT2D eigenvalue weighted by molar-refractivity contribution is -0.167. The number of nitrogens with zero attached hydrogens (tertiary/aromatic N) is 1. The van der Waals surface area contributed by atoms with Crippen molar-refractivity contribution in [2.75, 3.05) is 6.54 Å². The van der Waals surface area contributed by atoms with Gasteiger partial charge in [-0.25, -0.2) is 0 Å². The number of hydrogen-bond acceptors (Lipinski definition) is 2. The molecule has 1 rings (SSSR count). The molecule has 0 saturated heterocycles. The highest BCUT2D eigenvalue weighted by atomic mass is 19.4. The van der Waals surface area contributed by atoms with Crippen molar-refractivity contribution in [3.63, 3.8) is 0 Å². The van der Waals surface area contributed by atoms with Crippen LogP contribution in [-0.2, 0) is 9.59 Å². The molecule has 1 amide bonds. The third-order valence-electron chi connectivity index (χ3n) is 3.15. The monoisotopic (exact) mass is 267 g/mol. The molecule has 2 unspecified atom stereocenters. The van der Waals surface area contributed by atoms with Crippen molar-refractivity contribution < 1.29 is 27.9 Å². The molecule has 0 heterocycles. The molecule has 1 fully saturated rings. The van der Waals surface area contributed by atoms with Crippen LogP contribution in [0.4, 0.5) is 13.2 Å². The lowest BCUT2D eigenvalue weighted by Crippen LogP contribution is -2.45. The number of halogens is 3. The normalized spacial score (nSPS) is 19.2. The number of amides is 1. The Morgan fingerprint density at radius 1 is 1.28 bits per heavy atom. The van der Waals surface area contributed by atoms with Gasteiger partial charge in [0.05, 0.1) is 5.92 Å². The molecule has 0 bridgehead atoms. The van der Waals surface area contributed by atoms with Crippen LogP contribution in [0.15, 0.2) is 0 Å². The largest absolute Gasteiger partial charge is 0.481 e. The zero-order valence-corrected chi connectivity index (χ0v) is 10.2. The van der Waals surface area contributed by atoms with Crippen LogP contribution in [0.5, 0.6) is 0 Å². The van der Waals surface area contributed by atoms with Crippen molar-refractivity contribution in [1.29, 1.82) is 0 Å². The smallest absolute Gasteiger partial charge is 0.406 e. The van der Waals surface area contributed by atoms with E-state index in [0.29, 0.717) is 12.8 Å². The summed E-state index contributed by atoms with van der Waals surface area (Å²) in [5.41, 5.74) is 0. The average molecular weight is 267 g/mol. The van der Waals surface area contributed by atoms with Crippen LogP contribution in [0.2, 0.25) is 0 Å². The number of carboxylic acids is 1. The van der Waals surface area contributed by atoms with Gasteiger partial charge in [0.1, 0.15) is 6.54 Å². The van der Waals surface area contributed by atoms with Gasteiger partial charge in [0.15, 0.2) is 0 Å². The highest BCUT2D eigenvalue weighted by Gasteiger charge is 2.43. The zero-order valence-electron chi connectivity index (χ0n) is 10.2. The van der Waals surface area contributed by atoms with Gasteiger partial charge in [0, 0.05) is 12.0 Å². The van der Waals surface area contributed by atoms with Crippen LogP contribution < -0.4 is 0 Å². The van der Waals surface area contributed by atoms with Crippen molar-refractivity contribution in [1.82, 2.24) is 4.90 Å². The maximum absolute atomic E-state index is 12.4. The van der Waals surface area contributed by atoms with E-state index in [1.807, 2.05) is 0 Å². The summed E-state index contributed by atoms with van der Waals surface area (Å²) in [6.07, 6.45) is -3.35. The van der Waals surface area contributed by atoms with Crippen molar-refractivity contribution in [2.24, 2.45) is 11.8 Å². The molecule has 0 spiro atoms. The molecule has 1 aliphatic rings. The highest BCUT2D eigenvalue weighted by Crippen LogP contribution is 2.32. The first-order valence-corrected chi connectivity index (χ1v) is 5.73. The van der Waals surface area contributed by atoms with E-state index in [-0.39, 0.29) is 6.04 Å². The molecule has 0 aromatic heterocycles. The summed E-state index contributed by atoms with van der Waals surface area (Å²) in [6.45, 7) is 1.38. The third-order valence-corrected chi connectivity index (χ3v) is 3.15. The summed E-state index contributed by atoms with van der Waals surface area (Å²) >= 11 is 0. The Balaban J connectivity index is 2.74. The van der Waals surface area contributed by atoms with Crippen LogP contribution in [0.3, 0.4) is 0 Å². The number of carboxylic acid groups (broad SMARTS) is 1. The number of hydrogen-bond donors (Lipinski definition) is 1. The van der Waals surface area contributed by atoms with E-state index in [1.165, 1.54) is 13.8 Å². The minimum atomic E-state index is -4.45. The average Bonchev–Trinajstić information content (AvgIpc) is 3.05. The molecule has 1 N–H and O–H groups in total. The topological polar surface area (TPSA) is 57.6 Å². The molecule has 1 aliphatic carbocycles. The fraction of sp³-hybridized carbons (Fsp3) is 0.818. The number of rotatable bonds is 5. The first kappa shape index (κ1) is 14.8. The van der Waals surface area contributed by atoms with E-state index in [0.717, 1.165) is 4.90 Å². The number of carbonyl (C=O) groups excluding carboxylic acids is 1. The molecular weight excluding hydrogens is 251 g/mol. The summed E-state index contributed by atoms with van der Waals surface area (Å²) in [4.78, 5) is 23.4. The Kier molecular flexibility index (Phi) is 4.24. The van der Waals surface area contributed by atoms with Gasteiger partial charge in [0.25, 0.3) is 0 Å². The summed E-state index contributed by atoms with van der Waals surface area (Å²) < 4.78 is 37.1. The molecule has 104 valence electrons. The van der Waals surface area contributed by atoms with Gasteiger partial charge in [-0.05, 0) is 12.8 Å². The first-order chi connectivity index (χ1) is 8.13.